The molecule has 0 bridgehead atoms. The molecule has 0 aliphatic carbocycles. The van der Waals surface area contributed by atoms with Gasteiger partial charge in [0.05, 0.1) is 7.11 Å². The minimum atomic E-state index is -0.324. The average molecular weight is 248 g/mol. The fourth-order valence-electron chi connectivity index (χ4n) is 1.55. The quantitative estimate of drug-likeness (QED) is 0.900. The highest BCUT2D eigenvalue weighted by atomic mass is 19.1. The molecule has 0 unspecified atom stereocenters. The number of aromatic nitrogens is 3. The summed E-state index contributed by atoms with van der Waals surface area (Å²) in [5, 5.41) is 2.81. The van der Waals surface area contributed by atoms with Crippen molar-refractivity contribution >= 4 is 5.95 Å². The fourth-order valence-corrected chi connectivity index (χ4v) is 1.55. The molecule has 94 valence electrons. The molecule has 0 atom stereocenters. The van der Waals surface area contributed by atoms with E-state index in [-0.39, 0.29) is 11.8 Å². The summed E-state index contributed by atoms with van der Waals surface area (Å²) in [6, 6.07) is 4.81. The van der Waals surface area contributed by atoms with Crippen LogP contribution < -0.4 is 10.1 Å². The van der Waals surface area contributed by atoms with Crippen molar-refractivity contribution < 1.29 is 9.13 Å². The summed E-state index contributed by atoms with van der Waals surface area (Å²) in [6.45, 7) is 1.81. The molecule has 1 heterocycles. The molecule has 5 nitrogen and oxygen atoms in total. The van der Waals surface area contributed by atoms with Crippen molar-refractivity contribution in [3.63, 3.8) is 0 Å². The molecule has 0 aliphatic rings. The van der Waals surface area contributed by atoms with Gasteiger partial charge in [0.15, 0.2) is 5.82 Å². The summed E-state index contributed by atoms with van der Waals surface area (Å²) in [6.07, 6.45) is 0. The predicted molar refractivity (Wildman–Crippen MR) is 66.1 cm³/mol. The second kappa shape index (κ2) is 4.95. The normalized spacial score (nSPS) is 10.2. The van der Waals surface area contributed by atoms with E-state index >= 15 is 0 Å². The van der Waals surface area contributed by atoms with Gasteiger partial charge in [0.25, 0.3) is 0 Å². The summed E-state index contributed by atoms with van der Waals surface area (Å²) in [7, 11) is 3.16. The van der Waals surface area contributed by atoms with Crippen molar-refractivity contribution in [3.05, 3.63) is 29.6 Å². The van der Waals surface area contributed by atoms with Crippen LogP contribution in [0.3, 0.4) is 0 Å². The monoisotopic (exact) mass is 248 g/mol. The molecule has 0 saturated carbocycles. The Hall–Kier alpha value is -2.24. The molecular weight excluding hydrogens is 235 g/mol. The molecule has 2 rings (SSSR count). The molecule has 2 aromatic rings. The van der Waals surface area contributed by atoms with Crippen LogP contribution in [0.15, 0.2) is 18.2 Å². The molecule has 18 heavy (non-hydrogen) atoms. The van der Waals surface area contributed by atoms with Crippen LogP contribution in [0, 0.1) is 12.7 Å². The molecule has 6 heteroatoms. The molecule has 0 radical (unpaired) electrons. The Morgan fingerprint density at radius 1 is 1.17 bits per heavy atom. The first-order chi connectivity index (χ1) is 8.62. The van der Waals surface area contributed by atoms with Crippen LogP contribution in [0.5, 0.6) is 6.01 Å². The minimum Gasteiger partial charge on any atom is -0.467 e. The number of benzene rings is 1. The van der Waals surface area contributed by atoms with Crippen LogP contribution in [-0.2, 0) is 0 Å². The third kappa shape index (κ3) is 2.53. The molecule has 0 aliphatic heterocycles. The lowest BCUT2D eigenvalue weighted by atomic mass is 10.1. The van der Waals surface area contributed by atoms with Gasteiger partial charge in [-0.2, -0.15) is 15.0 Å². The summed E-state index contributed by atoms with van der Waals surface area (Å²) in [4.78, 5) is 12.3. The number of hydrogen-bond acceptors (Lipinski definition) is 5. The largest absolute Gasteiger partial charge is 0.467 e. The number of anilines is 1. The molecule has 0 spiro atoms. The van der Waals surface area contributed by atoms with Gasteiger partial charge in [-0.05, 0) is 30.7 Å². The minimum absolute atomic E-state index is 0.186. The van der Waals surface area contributed by atoms with Crippen molar-refractivity contribution in [1.29, 1.82) is 0 Å². The standard InChI is InChI=1S/C12H13FN4O/c1-7-4-8(6-9(13)5-7)10-15-11(14-2)17-12(16-10)18-3/h4-6H,1-3H3,(H,14,15,16,17). The van der Waals surface area contributed by atoms with Crippen LogP contribution in [0.1, 0.15) is 5.56 Å². The summed E-state index contributed by atoms with van der Waals surface area (Å²) in [5.74, 6) is 0.419. The van der Waals surface area contributed by atoms with Crippen molar-refractivity contribution in [2.75, 3.05) is 19.5 Å². The van der Waals surface area contributed by atoms with E-state index in [1.54, 1.807) is 13.1 Å². The lowest BCUT2D eigenvalue weighted by molar-refractivity contribution is 0.379. The zero-order valence-electron chi connectivity index (χ0n) is 10.4. The molecule has 1 aromatic heterocycles. The highest BCUT2D eigenvalue weighted by molar-refractivity contribution is 5.57. The van der Waals surface area contributed by atoms with Gasteiger partial charge in [-0.3, -0.25) is 0 Å². The lowest BCUT2D eigenvalue weighted by Crippen LogP contribution is -2.03. The van der Waals surface area contributed by atoms with Crippen LogP contribution >= 0.6 is 0 Å². The number of rotatable bonds is 3. The maximum absolute atomic E-state index is 13.4. The van der Waals surface area contributed by atoms with Crippen LogP contribution in [-0.4, -0.2) is 29.1 Å². The summed E-state index contributed by atoms with van der Waals surface area (Å²) in [5.41, 5.74) is 1.39. The van der Waals surface area contributed by atoms with Gasteiger partial charge in [-0.15, -0.1) is 0 Å². The Balaban J connectivity index is 2.55. The maximum Gasteiger partial charge on any atom is 0.321 e. The SMILES string of the molecule is CNc1nc(OC)nc(-c2cc(C)cc(F)c2)n1. The number of nitrogens with zero attached hydrogens (tertiary/aromatic N) is 3. The highest BCUT2D eigenvalue weighted by Crippen LogP contribution is 2.21. The van der Waals surface area contributed by atoms with Gasteiger partial charge >= 0.3 is 6.01 Å². The van der Waals surface area contributed by atoms with Crippen molar-refractivity contribution in [1.82, 2.24) is 15.0 Å². The van der Waals surface area contributed by atoms with Crippen molar-refractivity contribution in [2.24, 2.45) is 0 Å². The Morgan fingerprint density at radius 3 is 2.56 bits per heavy atom. The van der Waals surface area contributed by atoms with E-state index in [2.05, 4.69) is 20.3 Å². The maximum atomic E-state index is 13.4. The molecule has 1 N–H and O–H groups in total. The molecule has 0 saturated heterocycles. The number of ether oxygens (including phenoxy) is 1. The smallest absolute Gasteiger partial charge is 0.321 e. The van der Waals surface area contributed by atoms with E-state index in [9.17, 15) is 4.39 Å². The van der Waals surface area contributed by atoms with E-state index in [1.165, 1.54) is 19.2 Å². The number of aryl methyl sites for hydroxylation is 1. The number of nitrogens with one attached hydrogen (secondary N) is 1. The first kappa shape index (κ1) is 12.2. The van der Waals surface area contributed by atoms with E-state index in [1.807, 2.05) is 6.92 Å². The van der Waals surface area contributed by atoms with E-state index < -0.39 is 0 Å². The van der Waals surface area contributed by atoms with Crippen LogP contribution in [0.2, 0.25) is 0 Å². The lowest BCUT2D eigenvalue weighted by Gasteiger charge is -2.06. The number of halogens is 1. The molecule has 0 amide bonds. The number of hydrogen-bond donors (Lipinski definition) is 1. The number of methoxy groups -OCH3 is 1. The Kier molecular flexibility index (Phi) is 3.36. The average Bonchev–Trinajstić information content (AvgIpc) is 2.37. The van der Waals surface area contributed by atoms with E-state index in [0.29, 0.717) is 17.3 Å². The summed E-state index contributed by atoms with van der Waals surface area (Å²) < 4.78 is 18.3. The first-order valence-electron chi connectivity index (χ1n) is 5.38. The van der Waals surface area contributed by atoms with Gasteiger partial charge in [0.2, 0.25) is 5.95 Å². The second-order valence-corrected chi connectivity index (χ2v) is 3.74. The van der Waals surface area contributed by atoms with Crippen molar-refractivity contribution in [3.8, 4) is 17.4 Å². The third-order valence-corrected chi connectivity index (χ3v) is 2.32. The zero-order valence-corrected chi connectivity index (χ0v) is 10.4. The zero-order chi connectivity index (χ0) is 13.1. The van der Waals surface area contributed by atoms with E-state index in [4.69, 9.17) is 4.74 Å². The predicted octanol–water partition coefficient (Wildman–Crippen LogP) is 2.04. The van der Waals surface area contributed by atoms with Crippen molar-refractivity contribution in [2.45, 2.75) is 6.92 Å². The topological polar surface area (TPSA) is 59.9 Å². The Morgan fingerprint density at radius 2 is 1.94 bits per heavy atom. The summed E-state index contributed by atoms with van der Waals surface area (Å²) >= 11 is 0. The Bertz CT molecular complexity index is 531. The van der Waals surface area contributed by atoms with Crippen LogP contribution in [0.25, 0.3) is 11.4 Å². The van der Waals surface area contributed by atoms with Gasteiger partial charge in [0, 0.05) is 12.6 Å². The van der Waals surface area contributed by atoms with Gasteiger partial charge in [-0.1, -0.05) is 0 Å². The third-order valence-electron chi connectivity index (χ3n) is 2.32. The van der Waals surface area contributed by atoms with Gasteiger partial charge < -0.3 is 10.1 Å². The van der Waals surface area contributed by atoms with Crippen LogP contribution in [0.4, 0.5) is 10.3 Å². The molecule has 0 fully saturated rings. The highest BCUT2D eigenvalue weighted by Gasteiger charge is 2.09. The molecule has 1 aromatic carbocycles. The first-order valence-corrected chi connectivity index (χ1v) is 5.38. The van der Waals surface area contributed by atoms with Gasteiger partial charge in [-0.25, -0.2) is 4.39 Å². The van der Waals surface area contributed by atoms with Gasteiger partial charge in [0.1, 0.15) is 5.82 Å². The second-order valence-electron chi connectivity index (χ2n) is 3.74. The molecular formula is C12H13FN4O. The Labute approximate surface area is 104 Å². The fraction of sp³-hybridized carbons (Fsp3) is 0.250. The van der Waals surface area contributed by atoms with E-state index in [0.717, 1.165) is 5.56 Å².